The van der Waals surface area contributed by atoms with Crippen molar-refractivity contribution in [2.75, 3.05) is 7.11 Å². The molecule has 0 aliphatic rings. The van der Waals surface area contributed by atoms with Crippen molar-refractivity contribution < 1.29 is 9.26 Å². The van der Waals surface area contributed by atoms with Crippen LogP contribution in [0.3, 0.4) is 0 Å². The van der Waals surface area contributed by atoms with Crippen LogP contribution in [-0.4, -0.2) is 22.2 Å². The van der Waals surface area contributed by atoms with E-state index in [-0.39, 0.29) is 0 Å². The number of rotatable bonds is 6. The Morgan fingerprint density at radius 1 is 0.966 bits per heavy atom. The molecule has 0 spiro atoms. The van der Waals surface area contributed by atoms with Crippen LogP contribution in [0.4, 0.5) is 0 Å². The van der Waals surface area contributed by atoms with Gasteiger partial charge < -0.3 is 9.26 Å². The Morgan fingerprint density at radius 2 is 1.79 bits per heavy atom. The van der Waals surface area contributed by atoms with Gasteiger partial charge in [0.25, 0.3) is 5.89 Å². The number of nitrogens with zero attached hydrogens (tertiary/aromatic N) is 3. The Labute approximate surface area is 170 Å². The Kier molecular flexibility index (Phi) is 5.49. The molecule has 0 aliphatic carbocycles. The molecule has 0 N–H and O–H groups in total. The van der Waals surface area contributed by atoms with E-state index < -0.39 is 0 Å². The van der Waals surface area contributed by atoms with Crippen molar-refractivity contribution in [3.63, 3.8) is 0 Å². The van der Waals surface area contributed by atoms with Gasteiger partial charge in [0, 0.05) is 30.1 Å². The van der Waals surface area contributed by atoms with Gasteiger partial charge in [0.2, 0.25) is 5.82 Å². The van der Waals surface area contributed by atoms with Gasteiger partial charge in [-0.2, -0.15) is 4.98 Å². The van der Waals surface area contributed by atoms with E-state index in [1.165, 1.54) is 11.1 Å². The van der Waals surface area contributed by atoms with Gasteiger partial charge in [0.05, 0.1) is 6.61 Å². The van der Waals surface area contributed by atoms with Crippen molar-refractivity contribution in [3.05, 3.63) is 77.6 Å². The third-order valence-corrected chi connectivity index (χ3v) is 4.96. The summed E-state index contributed by atoms with van der Waals surface area (Å²) < 4.78 is 11.0. The average Bonchev–Trinajstić information content (AvgIpc) is 3.25. The lowest BCUT2D eigenvalue weighted by atomic mass is 9.94. The molecule has 0 atom stereocenters. The van der Waals surface area contributed by atoms with Crippen LogP contribution in [0.1, 0.15) is 23.7 Å². The molecule has 4 aromatic rings. The maximum absolute atomic E-state index is 5.53. The van der Waals surface area contributed by atoms with Crippen LogP contribution in [0.25, 0.3) is 34.0 Å². The highest BCUT2D eigenvalue weighted by Gasteiger charge is 2.14. The van der Waals surface area contributed by atoms with E-state index in [0.29, 0.717) is 18.3 Å². The van der Waals surface area contributed by atoms with E-state index in [4.69, 9.17) is 9.26 Å². The quantitative estimate of drug-likeness (QED) is 0.440. The molecular formula is C24H23N3O2. The molecule has 2 aromatic carbocycles. The van der Waals surface area contributed by atoms with Crippen LogP contribution in [0, 0.1) is 6.92 Å². The molecule has 0 radical (unpaired) electrons. The highest BCUT2D eigenvalue weighted by molar-refractivity contribution is 5.74. The Morgan fingerprint density at radius 3 is 2.52 bits per heavy atom. The van der Waals surface area contributed by atoms with Gasteiger partial charge in [0.15, 0.2) is 0 Å². The molecule has 0 saturated carbocycles. The summed E-state index contributed by atoms with van der Waals surface area (Å²) in [6.07, 6.45) is 2.68. The lowest BCUT2D eigenvalue weighted by molar-refractivity contribution is 0.185. The smallest absolute Gasteiger partial charge is 0.258 e. The standard InChI is InChI=1S/C24H23N3O2/c1-4-20-11-9-18(14-25-20)23-26-24(29-27-23)17-10-12-22(19(13-17)15-28-3)21-8-6-5-7-16(21)2/h5-14H,4,15H2,1-3H3. The van der Waals surface area contributed by atoms with Gasteiger partial charge in [-0.05, 0) is 59.9 Å². The first kappa shape index (κ1) is 19.0. The molecule has 4 rings (SSSR count). The monoisotopic (exact) mass is 385 g/mol. The number of aromatic nitrogens is 3. The van der Waals surface area contributed by atoms with Gasteiger partial charge in [-0.1, -0.05) is 42.4 Å². The van der Waals surface area contributed by atoms with Crippen molar-refractivity contribution in [2.24, 2.45) is 0 Å². The molecule has 5 nitrogen and oxygen atoms in total. The first-order valence-electron chi connectivity index (χ1n) is 9.67. The zero-order valence-electron chi connectivity index (χ0n) is 16.8. The third-order valence-electron chi connectivity index (χ3n) is 4.96. The van der Waals surface area contributed by atoms with E-state index in [0.717, 1.165) is 34.4 Å². The zero-order chi connectivity index (χ0) is 20.2. The van der Waals surface area contributed by atoms with Crippen LogP contribution in [0.2, 0.25) is 0 Å². The number of benzene rings is 2. The predicted molar refractivity (Wildman–Crippen MR) is 113 cm³/mol. The fourth-order valence-corrected chi connectivity index (χ4v) is 3.36. The summed E-state index contributed by atoms with van der Waals surface area (Å²) in [4.78, 5) is 8.98. The molecule has 0 amide bonds. The van der Waals surface area contributed by atoms with Gasteiger partial charge in [0.1, 0.15) is 0 Å². The SMILES string of the molecule is CCc1ccc(-c2noc(-c3ccc(-c4ccccc4C)c(COC)c3)n2)cn1. The summed E-state index contributed by atoms with van der Waals surface area (Å²) in [5, 5.41) is 4.13. The Hall–Kier alpha value is -3.31. The molecule has 0 bridgehead atoms. The second-order valence-electron chi connectivity index (χ2n) is 6.93. The minimum absolute atomic E-state index is 0.480. The van der Waals surface area contributed by atoms with Gasteiger partial charge in [-0.15, -0.1) is 0 Å². The first-order valence-corrected chi connectivity index (χ1v) is 9.67. The third kappa shape index (κ3) is 3.96. The Balaban J connectivity index is 1.69. The van der Waals surface area contributed by atoms with E-state index in [1.807, 2.05) is 24.3 Å². The minimum atomic E-state index is 0.480. The van der Waals surface area contributed by atoms with Crippen LogP contribution < -0.4 is 0 Å². The van der Waals surface area contributed by atoms with Crippen molar-refractivity contribution in [3.8, 4) is 34.0 Å². The topological polar surface area (TPSA) is 61.0 Å². The second-order valence-corrected chi connectivity index (χ2v) is 6.93. The first-order chi connectivity index (χ1) is 14.2. The van der Waals surface area contributed by atoms with E-state index in [2.05, 4.69) is 59.3 Å². The number of methoxy groups -OCH3 is 1. The molecule has 2 aromatic heterocycles. The molecule has 0 fully saturated rings. The minimum Gasteiger partial charge on any atom is -0.380 e. The summed E-state index contributed by atoms with van der Waals surface area (Å²) in [6, 6.07) is 18.4. The average molecular weight is 385 g/mol. The summed E-state index contributed by atoms with van der Waals surface area (Å²) in [7, 11) is 1.70. The normalized spacial score (nSPS) is 11.0. The predicted octanol–water partition coefficient (Wildman–Crippen LogP) is 5.48. The van der Waals surface area contributed by atoms with Crippen molar-refractivity contribution >= 4 is 0 Å². The van der Waals surface area contributed by atoms with Crippen LogP contribution >= 0.6 is 0 Å². The van der Waals surface area contributed by atoms with Crippen molar-refractivity contribution in [1.29, 1.82) is 0 Å². The lowest BCUT2D eigenvalue weighted by Gasteiger charge is -2.12. The molecule has 0 unspecified atom stereocenters. The van der Waals surface area contributed by atoms with Crippen LogP contribution in [0.15, 0.2) is 65.3 Å². The molecule has 0 saturated heterocycles. The van der Waals surface area contributed by atoms with Gasteiger partial charge >= 0.3 is 0 Å². The maximum atomic E-state index is 5.53. The number of pyridine rings is 1. The fraction of sp³-hybridized carbons (Fsp3) is 0.208. The molecular weight excluding hydrogens is 362 g/mol. The van der Waals surface area contributed by atoms with Crippen molar-refractivity contribution in [1.82, 2.24) is 15.1 Å². The Bertz CT molecular complexity index is 1120. The van der Waals surface area contributed by atoms with Crippen LogP contribution in [0.5, 0.6) is 0 Å². The zero-order valence-corrected chi connectivity index (χ0v) is 16.8. The van der Waals surface area contributed by atoms with Gasteiger partial charge in [-0.25, -0.2) is 0 Å². The summed E-state index contributed by atoms with van der Waals surface area (Å²) in [6.45, 7) is 4.69. The summed E-state index contributed by atoms with van der Waals surface area (Å²) in [5.41, 5.74) is 7.38. The summed E-state index contributed by atoms with van der Waals surface area (Å²) >= 11 is 0. The summed E-state index contributed by atoms with van der Waals surface area (Å²) in [5.74, 6) is 1.01. The number of hydrogen-bond acceptors (Lipinski definition) is 5. The fourth-order valence-electron chi connectivity index (χ4n) is 3.36. The molecule has 146 valence electrons. The molecule has 29 heavy (non-hydrogen) atoms. The molecule has 0 aliphatic heterocycles. The molecule has 2 heterocycles. The van der Waals surface area contributed by atoms with Crippen LogP contribution in [-0.2, 0) is 17.8 Å². The molecule has 5 heteroatoms. The maximum Gasteiger partial charge on any atom is 0.258 e. The van der Waals surface area contributed by atoms with Crippen molar-refractivity contribution in [2.45, 2.75) is 26.9 Å². The largest absolute Gasteiger partial charge is 0.380 e. The van der Waals surface area contributed by atoms with E-state index in [9.17, 15) is 0 Å². The number of hydrogen-bond donors (Lipinski definition) is 0. The van der Waals surface area contributed by atoms with E-state index in [1.54, 1.807) is 13.3 Å². The number of ether oxygens (including phenoxy) is 1. The highest BCUT2D eigenvalue weighted by Crippen LogP contribution is 2.31. The lowest BCUT2D eigenvalue weighted by Crippen LogP contribution is -1.95. The highest BCUT2D eigenvalue weighted by atomic mass is 16.5. The second kappa shape index (κ2) is 8.37. The number of aryl methyl sites for hydroxylation is 2. The van der Waals surface area contributed by atoms with Gasteiger partial charge in [-0.3, -0.25) is 4.98 Å². The van der Waals surface area contributed by atoms with E-state index >= 15 is 0 Å².